The van der Waals surface area contributed by atoms with E-state index in [1.165, 1.54) is 12.3 Å². The summed E-state index contributed by atoms with van der Waals surface area (Å²) in [6, 6.07) is 20.5. The number of benzene rings is 3. The van der Waals surface area contributed by atoms with Crippen LogP contribution in [0.25, 0.3) is 0 Å². The van der Waals surface area contributed by atoms with Gasteiger partial charge in [0.15, 0.2) is 0 Å². The minimum Gasteiger partial charge on any atom is -0.507 e. The summed E-state index contributed by atoms with van der Waals surface area (Å²) in [7, 11) is 0. The van der Waals surface area contributed by atoms with Crippen molar-refractivity contribution in [1.82, 2.24) is 5.43 Å². The van der Waals surface area contributed by atoms with Crippen LogP contribution in [0.15, 0.2) is 77.9 Å². The SMILES string of the molecule is Cc1ccccc1C(=O)Nc1ccc(C(=O)N/N=C/c2ccccc2O)cc1. The number of para-hydroxylation sites is 1. The Morgan fingerprint density at radius 3 is 2.29 bits per heavy atom. The molecule has 0 unspecified atom stereocenters. The number of amides is 2. The van der Waals surface area contributed by atoms with E-state index in [0.717, 1.165) is 5.56 Å². The molecule has 0 aliphatic carbocycles. The Labute approximate surface area is 162 Å². The van der Waals surface area contributed by atoms with E-state index in [9.17, 15) is 14.7 Å². The largest absolute Gasteiger partial charge is 0.507 e. The van der Waals surface area contributed by atoms with Crippen LogP contribution in [0.1, 0.15) is 31.8 Å². The van der Waals surface area contributed by atoms with Gasteiger partial charge in [-0.3, -0.25) is 9.59 Å². The van der Waals surface area contributed by atoms with Gasteiger partial charge in [-0.25, -0.2) is 5.43 Å². The highest BCUT2D eigenvalue weighted by Crippen LogP contribution is 2.14. The fraction of sp³-hybridized carbons (Fsp3) is 0.0455. The van der Waals surface area contributed by atoms with Crippen LogP contribution in [0.3, 0.4) is 0 Å². The van der Waals surface area contributed by atoms with Gasteiger partial charge in [-0.1, -0.05) is 30.3 Å². The molecule has 140 valence electrons. The first-order chi connectivity index (χ1) is 13.5. The number of rotatable bonds is 5. The molecule has 0 fully saturated rings. The lowest BCUT2D eigenvalue weighted by Crippen LogP contribution is -2.18. The third-order valence-corrected chi connectivity index (χ3v) is 4.10. The molecule has 3 aromatic rings. The van der Waals surface area contributed by atoms with E-state index in [1.54, 1.807) is 48.5 Å². The first-order valence-electron chi connectivity index (χ1n) is 8.63. The summed E-state index contributed by atoms with van der Waals surface area (Å²) in [4.78, 5) is 24.5. The second-order valence-electron chi connectivity index (χ2n) is 6.10. The Hall–Kier alpha value is -3.93. The lowest BCUT2D eigenvalue weighted by atomic mass is 10.1. The zero-order valence-corrected chi connectivity index (χ0v) is 15.2. The number of carbonyl (C=O) groups excluding carboxylic acids is 2. The number of aromatic hydroxyl groups is 1. The number of hydrogen-bond acceptors (Lipinski definition) is 4. The summed E-state index contributed by atoms with van der Waals surface area (Å²) in [6.07, 6.45) is 1.37. The summed E-state index contributed by atoms with van der Waals surface area (Å²) >= 11 is 0. The van der Waals surface area contributed by atoms with Crippen LogP contribution >= 0.6 is 0 Å². The van der Waals surface area contributed by atoms with Gasteiger partial charge in [0.05, 0.1) is 6.21 Å². The van der Waals surface area contributed by atoms with Crippen molar-refractivity contribution in [3.8, 4) is 5.75 Å². The zero-order chi connectivity index (χ0) is 19.9. The highest BCUT2D eigenvalue weighted by atomic mass is 16.3. The number of phenolic OH excluding ortho intramolecular Hbond substituents is 1. The van der Waals surface area contributed by atoms with Gasteiger partial charge in [0, 0.05) is 22.4 Å². The van der Waals surface area contributed by atoms with Crippen LogP contribution in [-0.2, 0) is 0 Å². The number of phenols is 1. The van der Waals surface area contributed by atoms with E-state index < -0.39 is 5.91 Å². The molecule has 6 heteroatoms. The van der Waals surface area contributed by atoms with Gasteiger partial charge in [0.2, 0.25) is 0 Å². The van der Waals surface area contributed by atoms with Gasteiger partial charge < -0.3 is 10.4 Å². The van der Waals surface area contributed by atoms with E-state index in [4.69, 9.17) is 0 Å². The number of nitrogens with one attached hydrogen (secondary N) is 2. The third kappa shape index (κ3) is 4.62. The maximum absolute atomic E-state index is 12.3. The molecule has 0 saturated carbocycles. The van der Waals surface area contributed by atoms with Crippen LogP contribution in [0.5, 0.6) is 5.75 Å². The molecular weight excluding hydrogens is 354 g/mol. The Balaban J connectivity index is 1.61. The first-order valence-corrected chi connectivity index (χ1v) is 8.63. The molecule has 3 N–H and O–H groups in total. The van der Waals surface area contributed by atoms with Crippen LogP contribution in [0.4, 0.5) is 5.69 Å². The molecule has 2 amide bonds. The molecular formula is C22H19N3O3. The molecule has 28 heavy (non-hydrogen) atoms. The third-order valence-electron chi connectivity index (χ3n) is 4.10. The topological polar surface area (TPSA) is 90.8 Å². The highest BCUT2D eigenvalue weighted by molar-refractivity contribution is 6.05. The Morgan fingerprint density at radius 1 is 0.893 bits per heavy atom. The average molecular weight is 373 g/mol. The predicted octanol–water partition coefficient (Wildman–Crippen LogP) is 3.72. The zero-order valence-electron chi connectivity index (χ0n) is 15.2. The first kappa shape index (κ1) is 18.8. The molecule has 0 atom stereocenters. The predicted molar refractivity (Wildman–Crippen MR) is 109 cm³/mol. The van der Waals surface area contributed by atoms with Crippen LogP contribution in [0.2, 0.25) is 0 Å². The maximum Gasteiger partial charge on any atom is 0.271 e. The minimum absolute atomic E-state index is 0.0780. The van der Waals surface area contributed by atoms with Gasteiger partial charge in [0.25, 0.3) is 11.8 Å². The van der Waals surface area contributed by atoms with Crippen molar-refractivity contribution in [3.63, 3.8) is 0 Å². The van der Waals surface area contributed by atoms with Crippen LogP contribution in [-0.4, -0.2) is 23.1 Å². The average Bonchev–Trinajstić information content (AvgIpc) is 2.70. The standard InChI is InChI=1S/C22H19N3O3/c1-15-6-2-4-8-19(15)22(28)24-18-12-10-16(11-13-18)21(27)25-23-14-17-7-3-5-9-20(17)26/h2-14,26H,1H3,(H,24,28)(H,25,27)/b23-14+. The number of carbonyl (C=O) groups is 2. The fourth-order valence-electron chi connectivity index (χ4n) is 2.55. The number of hydrazone groups is 1. The van der Waals surface area contributed by atoms with Crippen molar-refractivity contribution < 1.29 is 14.7 Å². The smallest absolute Gasteiger partial charge is 0.271 e. The molecule has 0 aliphatic rings. The molecule has 0 aliphatic heterocycles. The number of aryl methyl sites for hydroxylation is 1. The molecule has 0 aromatic heterocycles. The molecule has 0 spiro atoms. The second-order valence-corrected chi connectivity index (χ2v) is 6.10. The van der Waals surface area contributed by atoms with E-state index in [0.29, 0.717) is 22.4 Å². The molecule has 6 nitrogen and oxygen atoms in total. The monoisotopic (exact) mass is 373 g/mol. The van der Waals surface area contributed by atoms with Crippen molar-refractivity contribution in [2.75, 3.05) is 5.32 Å². The molecule has 0 bridgehead atoms. The van der Waals surface area contributed by atoms with Gasteiger partial charge in [0.1, 0.15) is 5.75 Å². The normalized spacial score (nSPS) is 10.6. The van der Waals surface area contributed by atoms with Gasteiger partial charge in [-0.15, -0.1) is 0 Å². The lowest BCUT2D eigenvalue weighted by molar-refractivity contribution is 0.0954. The van der Waals surface area contributed by atoms with Crippen LogP contribution in [0, 0.1) is 6.92 Å². The fourth-order valence-corrected chi connectivity index (χ4v) is 2.55. The molecule has 0 radical (unpaired) electrons. The Bertz CT molecular complexity index is 1030. The molecule has 0 heterocycles. The van der Waals surface area contributed by atoms with Gasteiger partial charge >= 0.3 is 0 Å². The number of anilines is 1. The maximum atomic E-state index is 12.3. The number of hydrogen-bond donors (Lipinski definition) is 3. The number of nitrogens with zero attached hydrogens (tertiary/aromatic N) is 1. The van der Waals surface area contributed by atoms with Crippen molar-refractivity contribution >= 4 is 23.7 Å². The summed E-state index contributed by atoms with van der Waals surface area (Å²) < 4.78 is 0. The van der Waals surface area contributed by atoms with Crippen molar-refractivity contribution in [1.29, 1.82) is 0 Å². The summed E-state index contributed by atoms with van der Waals surface area (Å²) in [5.41, 5.74) is 5.36. The van der Waals surface area contributed by atoms with E-state index in [1.807, 2.05) is 25.1 Å². The van der Waals surface area contributed by atoms with Crippen molar-refractivity contribution in [2.24, 2.45) is 5.10 Å². The van der Waals surface area contributed by atoms with Crippen LogP contribution < -0.4 is 10.7 Å². The molecule has 3 rings (SSSR count). The second kappa shape index (κ2) is 8.64. The molecule has 3 aromatic carbocycles. The quantitative estimate of drug-likeness (QED) is 0.470. The van der Waals surface area contributed by atoms with E-state index in [-0.39, 0.29) is 11.7 Å². The van der Waals surface area contributed by atoms with Crippen molar-refractivity contribution in [3.05, 3.63) is 95.1 Å². The summed E-state index contributed by atoms with van der Waals surface area (Å²) in [6.45, 7) is 1.87. The minimum atomic E-state index is -0.400. The van der Waals surface area contributed by atoms with E-state index >= 15 is 0 Å². The highest BCUT2D eigenvalue weighted by Gasteiger charge is 2.09. The van der Waals surface area contributed by atoms with Gasteiger partial charge in [-0.05, 0) is 55.0 Å². The van der Waals surface area contributed by atoms with E-state index in [2.05, 4.69) is 15.8 Å². The molecule has 0 saturated heterocycles. The summed E-state index contributed by atoms with van der Waals surface area (Å²) in [5, 5.41) is 16.3. The summed E-state index contributed by atoms with van der Waals surface area (Å²) in [5.74, 6) is -0.528. The van der Waals surface area contributed by atoms with Gasteiger partial charge in [-0.2, -0.15) is 5.10 Å². The van der Waals surface area contributed by atoms with Crippen molar-refractivity contribution in [2.45, 2.75) is 6.92 Å². The lowest BCUT2D eigenvalue weighted by Gasteiger charge is -2.08. The Morgan fingerprint density at radius 2 is 1.57 bits per heavy atom. The Kier molecular flexibility index (Phi) is 5.81.